The molecule has 1 amide bonds. The molecule has 2 aromatic carbocycles. The van der Waals surface area contributed by atoms with Crippen molar-refractivity contribution in [2.45, 2.75) is 6.92 Å². The maximum absolute atomic E-state index is 12.1. The number of aryl methyl sites for hydroxylation is 1. The fourth-order valence-corrected chi connectivity index (χ4v) is 2.01. The van der Waals surface area contributed by atoms with E-state index >= 15 is 0 Å². The molecule has 0 saturated carbocycles. The van der Waals surface area contributed by atoms with Crippen LogP contribution in [-0.2, 0) is 4.79 Å². The van der Waals surface area contributed by atoms with E-state index in [9.17, 15) is 9.59 Å². The van der Waals surface area contributed by atoms with Crippen LogP contribution in [0.5, 0.6) is 11.5 Å². The van der Waals surface area contributed by atoms with E-state index in [1.54, 1.807) is 36.4 Å². The van der Waals surface area contributed by atoms with Crippen LogP contribution >= 0.6 is 0 Å². The van der Waals surface area contributed by atoms with Crippen LogP contribution in [0.4, 0.5) is 0 Å². The van der Waals surface area contributed by atoms with Gasteiger partial charge < -0.3 is 14.6 Å². The molecule has 0 bridgehead atoms. The van der Waals surface area contributed by atoms with Crippen LogP contribution in [0.15, 0.2) is 47.6 Å². The van der Waals surface area contributed by atoms with Gasteiger partial charge in [-0.2, -0.15) is 5.10 Å². The molecule has 0 saturated heterocycles. The molecule has 7 heteroatoms. The first-order chi connectivity index (χ1) is 12.0. The van der Waals surface area contributed by atoms with Crippen molar-refractivity contribution in [1.29, 1.82) is 0 Å². The zero-order valence-electron chi connectivity index (χ0n) is 13.9. The number of carbonyl (C=O) groups is 2. The summed E-state index contributed by atoms with van der Waals surface area (Å²) in [7, 11) is 1.50. The molecular formula is C18H18N2O5. The molecule has 0 fully saturated rings. The predicted molar refractivity (Wildman–Crippen MR) is 92.4 cm³/mol. The quantitative estimate of drug-likeness (QED) is 0.594. The van der Waals surface area contributed by atoms with Crippen LogP contribution in [0.2, 0.25) is 0 Å². The molecule has 0 spiro atoms. The number of hydrogen-bond acceptors (Lipinski definition) is 5. The number of aliphatic carboxylic acids is 1. The summed E-state index contributed by atoms with van der Waals surface area (Å²) in [4.78, 5) is 22.6. The van der Waals surface area contributed by atoms with E-state index < -0.39 is 12.6 Å². The molecule has 2 aromatic rings. The van der Waals surface area contributed by atoms with Gasteiger partial charge in [0, 0.05) is 0 Å². The SMILES string of the molecule is COc1cc(C)ccc1C(=O)N/N=C\c1ccc(OCC(=O)O)cc1. The minimum Gasteiger partial charge on any atom is -0.496 e. The fourth-order valence-electron chi connectivity index (χ4n) is 2.01. The van der Waals surface area contributed by atoms with Crippen LogP contribution in [0.25, 0.3) is 0 Å². The van der Waals surface area contributed by atoms with Crippen molar-refractivity contribution in [3.63, 3.8) is 0 Å². The van der Waals surface area contributed by atoms with Crippen LogP contribution in [0, 0.1) is 6.92 Å². The molecule has 0 aliphatic carbocycles. The van der Waals surface area contributed by atoms with Gasteiger partial charge in [-0.05, 0) is 54.4 Å². The Labute approximate surface area is 144 Å². The molecule has 0 radical (unpaired) electrons. The molecule has 0 atom stereocenters. The molecule has 2 rings (SSSR count). The van der Waals surface area contributed by atoms with Crippen molar-refractivity contribution in [1.82, 2.24) is 5.43 Å². The standard InChI is InChI=1S/C18H18N2O5/c1-12-3-8-15(16(9-12)24-2)18(23)20-19-10-13-4-6-14(7-5-13)25-11-17(21)22/h3-10H,11H2,1-2H3,(H,20,23)(H,21,22)/b19-10-. The first kappa shape index (κ1) is 18.0. The largest absolute Gasteiger partial charge is 0.496 e. The molecule has 7 nitrogen and oxygen atoms in total. The van der Waals surface area contributed by atoms with Gasteiger partial charge in [0.1, 0.15) is 11.5 Å². The maximum atomic E-state index is 12.1. The Morgan fingerprint density at radius 3 is 2.56 bits per heavy atom. The number of carbonyl (C=O) groups excluding carboxylic acids is 1. The number of hydrazone groups is 1. The van der Waals surface area contributed by atoms with E-state index in [4.69, 9.17) is 14.6 Å². The van der Waals surface area contributed by atoms with Crippen molar-refractivity contribution < 1.29 is 24.2 Å². The third kappa shape index (κ3) is 5.35. The number of rotatable bonds is 7. The van der Waals surface area contributed by atoms with Gasteiger partial charge in [-0.15, -0.1) is 0 Å². The second-order valence-corrected chi connectivity index (χ2v) is 5.15. The lowest BCUT2D eigenvalue weighted by molar-refractivity contribution is -0.139. The normalized spacial score (nSPS) is 10.5. The zero-order valence-corrected chi connectivity index (χ0v) is 13.9. The lowest BCUT2D eigenvalue weighted by Gasteiger charge is -2.07. The summed E-state index contributed by atoms with van der Waals surface area (Å²) in [5.41, 5.74) is 4.54. The summed E-state index contributed by atoms with van der Waals surface area (Å²) in [5, 5.41) is 12.5. The smallest absolute Gasteiger partial charge is 0.341 e. The second kappa shape index (κ2) is 8.49. The Morgan fingerprint density at radius 1 is 1.20 bits per heavy atom. The monoisotopic (exact) mass is 342 g/mol. The van der Waals surface area contributed by atoms with Crippen LogP contribution in [-0.4, -0.2) is 36.9 Å². The van der Waals surface area contributed by atoms with E-state index in [1.165, 1.54) is 13.3 Å². The van der Waals surface area contributed by atoms with Crippen molar-refractivity contribution in [2.75, 3.05) is 13.7 Å². The molecule has 25 heavy (non-hydrogen) atoms. The second-order valence-electron chi connectivity index (χ2n) is 5.15. The van der Waals surface area contributed by atoms with Crippen molar-refractivity contribution in [3.8, 4) is 11.5 Å². The predicted octanol–water partition coefficient (Wildman–Crippen LogP) is 2.23. The molecular weight excluding hydrogens is 324 g/mol. The maximum Gasteiger partial charge on any atom is 0.341 e. The Kier molecular flexibility index (Phi) is 6.11. The van der Waals surface area contributed by atoms with Gasteiger partial charge in [-0.3, -0.25) is 4.79 Å². The molecule has 130 valence electrons. The van der Waals surface area contributed by atoms with Gasteiger partial charge in [0.25, 0.3) is 5.91 Å². The van der Waals surface area contributed by atoms with Gasteiger partial charge >= 0.3 is 5.97 Å². The highest BCUT2D eigenvalue weighted by molar-refractivity contribution is 5.97. The highest BCUT2D eigenvalue weighted by atomic mass is 16.5. The Balaban J connectivity index is 1.96. The lowest BCUT2D eigenvalue weighted by atomic mass is 10.1. The van der Waals surface area contributed by atoms with E-state index in [0.29, 0.717) is 17.1 Å². The van der Waals surface area contributed by atoms with Crippen molar-refractivity contribution >= 4 is 18.1 Å². The summed E-state index contributed by atoms with van der Waals surface area (Å²) in [6, 6.07) is 11.9. The number of ether oxygens (including phenoxy) is 2. The van der Waals surface area contributed by atoms with E-state index in [0.717, 1.165) is 11.1 Å². The average Bonchev–Trinajstić information content (AvgIpc) is 2.60. The molecule has 0 aliphatic rings. The molecule has 0 aromatic heterocycles. The van der Waals surface area contributed by atoms with E-state index in [1.807, 2.05) is 13.0 Å². The number of carboxylic acids is 1. The van der Waals surface area contributed by atoms with Gasteiger partial charge in [0.05, 0.1) is 18.9 Å². The van der Waals surface area contributed by atoms with E-state index in [2.05, 4.69) is 10.5 Å². The highest BCUT2D eigenvalue weighted by Gasteiger charge is 2.11. The van der Waals surface area contributed by atoms with E-state index in [-0.39, 0.29) is 5.91 Å². The molecule has 0 heterocycles. The Morgan fingerprint density at radius 2 is 1.92 bits per heavy atom. The topological polar surface area (TPSA) is 97.2 Å². The van der Waals surface area contributed by atoms with Crippen LogP contribution < -0.4 is 14.9 Å². The number of amides is 1. The van der Waals surface area contributed by atoms with Gasteiger partial charge in [-0.25, -0.2) is 10.2 Å². The number of nitrogens with zero attached hydrogens (tertiary/aromatic N) is 1. The summed E-state index contributed by atoms with van der Waals surface area (Å²) in [6.45, 7) is 1.51. The highest BCUT2D eigenvalue weighted by Crippen LogP contribution is 2.19. The van der Waals surface area contributed by atoms with Crippen molar-refractivity contribution in [2.24, 2.45) is 5.10 Å². The number of carboxylic acid groups (broad SMARTS) is 1. The Hall–Kier alpha value is -3.35. The number of benzene rings is 2. The minimum absolute atomic E-state index is 0.380. The summed E-state index contributed by atoms with van der Waals surface area (Å²) in [5.74, 6) is -0.505. The third-order valence-electron chi connectivity index (χ3n) is 3.22. The first-order valence-corrected chi connectivity index (χ1v) is 7.42. The third-order valence-corrected chi connectivity index (χ3v) is 3.22. The van der Waals surface area contributed by atoms with Gasteiger partial charge in [0.15, 0.2) is 6.61 Å². The number of nitrogens with one attached hydrogen (secondary N) is 1. The van der Waals surface area contributed by atoms with Gasteiger partial charge in [-0.1, -0.05) is 6.07 Å². The molecule has 2 N–H and O–H groups in total. The molecule has 0 unspecified atom stereocenters. The summed E-state index contributed by atoms with van der Waals surface area (Å²) in [6.07, 6.45) is 1.47. The van der Waals surface area contributed by atoms with Crippen molar-refractivity contribution in [3.05, 3.63) is 59.2 Å². The Bertz CT molecular complexity index is 785. The summed E-state index contributed by atoms with van der Waals surface area (Å²) < 4.78 is 10.2. The van der Waals surface area contributed by atoms with Crippen LogP contribution in [0.3, 0.4) is 0 Å². The zero-order chi connectivity index (χ0) is 18.2. The van der Waals surface area contributed by atoms with Crippen LogP contribution in [0.1, 0.15) is 21.5 Å². The minimum atomic E-state index is -1.04. The molecule has 0 aliphatic heterocycles. The number of hydrogen-bond donors (Lipinski definition) is 2. The lowest BCUT2D eigenvalue weighted by Crippen LogP contribution is -2.18. The fraction of sp³-hybridized carbons (Fsp3) is 0.167. The first-order valence-electron chi connectivity index (χ1n) is 7.42. The average molecular weight is 342 g/mol. The summed E-state index contributed by atoms with van der Waals surface area (Å²) >= 11 is 0. The number of methoxy groups -OCH3 is 1. The van der Waals surface area contributed by atoms with Gasteiger partial charge in [0.2, 0.25) is 0 Å².